The molecule has 1 aliphatic heterocycles. The van der Waals surface area contributed by atoms with Gasteiger partial charge >= 0.3 is 0 Å². The van der Waals surface area contributed by atoms with Crippen LogP contribution in [0, 0.1) is 0 Å². The Morgan fingerprint density at radius 3 is 3.11 bits per heavy atom. The van der Waals surface area contributed by atoms with Crippen LogP contribution < -0.4 is 5.32 Å². The van der Waals surface area contributed by atoms with Gasteiger partial charge in [0.25, 0.3) is 5.91 Å². The molecule has 1 aromatic rings. The predicted molar refractivity (Wildman–Crippen MR) is 74.5 cm³/mol. The lowest BCUT2D eigenvalue weighted by Gasteiger charge is -2.21. The molecular formula is C13H19N3O2S. The first-order valence-corrected chi connectivity index (χ1v) is 7.98. The van der Waals surface area contributed by atoms with Crippen molar-refractivity contribution in [3.63, 3.8) is 0 Å². The number of aromatic amines is 1. The molecule has 1 aromatic heterocycles. The fourth-order valence-electron chi connectivity index (χ4n) is 2.73. The molecule has 1 amide bonds. The maximum atomic E-state index is 12.2. The monoisotopic (exact) mass is 281 g/mol. The summed E-state index contributed by atoms with van der Waals surface area (Å²) in [4.78, 5) is 12.2. The highest BCUT2D eigenvalue weighted by molar-refractivity contribution is 7.99. The largest absolute Gasteiger partial charge is 0.387 e. The Hall–Kier alpha value is -1.01. The van der Waals surface area contributed by atoms with Crippen molar-refractivity contribution in [1.29, 1.82) is 0 Å². The van der Waals surface area contributed by atoms with Crippen molar-refractivity contribution in [2.24, 2.45) is 0 Å². The van der Waals surface area contributed by atoms with Gasteiger partial charge in [0, 0.05) is 23.6 Å². The SMILES string of the molecule is O=C(NCC1(O)CCSC1)c1n[nH]c2c1CCCC2. The Kier molecular flexibility index (Phi) is 3.54. The molecule has 0 aromatic carbocycles. The fourth-order valence-corrected chi connectivity index (χ4v) is 4.03. The number of aliphatic hydroxyl groups is 1. The summed E-state index contributed by atoms with van der Waals surface area (Å²) in [5, 5.41) is 20.2. The molecule has 3 N–H and O–H groups in total. The zero-order valence-electron chi connectivity index (χ0n) is 10.9. The number of hydrogen-bond donors (Lipinski definition) is 3. The number of carbonyl (C=O) groups excluding carboxylic acids is 1. The molecular weight excluding hydrogens is 262 g/mol. The molecule has 2 aliphatic rings. The molecule has 1 aliphatic carbocycles. The lowest BCUT2D eigenvalue weighted by molar-refractivity contribution is 0.0610. The van der Waals surface area contributed by atoms with Crippen LogP contribution in [0.4, 0.5) is 0 Å². The average Bonchev–Trinajstić information content (AvgIpc) is 3.03. The molecule has 1 fully saturated rings. The van der Waals surface area contributed by atoms with Crippen LogP contribution in [0.2, 0.25) is 0 Å². The molecule has 0 spiro atoms. The summed E-state index contributed by atoms with van der Waals surface area (Å²) in [5.41, 5.74) is 1.95. The molecule has 19 heavy (non-hydrogen) atoms. The summed E-state index contributed by atoms with van der Waals surface area (Å²) < 4.78 is 0. The van der Waals surface area contributed by atoms with E-state index in [0.29, 0.717) is 18.0 Å². The summed E-state index contributed by atoms with van der Waals surface area (Å²) in [5.74, 6) is 1.50. The van der Waals surface area contributed by atoms with Crippen molar-refractivity contribution in [3.8, 4) is 0 Å². The van der Waals surface area contributed by atoms with E-state index in [1.807, 2.05) is 0 Å². The van der Waals surface area contributed by atoms with E-state index in [9.17, 15) is 9.90 Å². The Balaban J connectivity index is 1.65. The Morgan fingerprint density at radius 2 is 2.32 bits per heavy atom. The van der Waals surface area contributed by atoms with E-state index in [2.05, 4.69) is 15.5 Å². The first-order chi connectivity index (χ1) is 9.18. The molecule has 2 heterocycles. The summed E-state index contributed by atoms with van der Waals surface area (Å²) in [7, 11) is 0. The Bertz CT molecular complexity index is 480. The molecule has 3 rings (SSSR count). The van der Waals surface area contributed by atoms with E-state index in [-0.39, 0.29) is 5.91 Å². The third-order valence-electron chi connectivity index (χ3n) is 3.93. The van der Waals surface area contributed by atoms with Crippen LogP contribution in [-0.4, -0.2) is 44.9 Å². The van der Waals surface area contributed by atoms with Gasteiger partial charge in [0.05, 0.1) is 5.60 Å². The lowest BCUT2D eigenvalue weighted by atomic mass is 9.95. The predicted octanol–water partition coefficient (Wildman–Crippen LogP) is 0.886. The quantitative estimate of drug-likeness (QED) is 0.769. The normalized spacial score (nSPS) is 26.2. The van der Waals surface area contributed by atoms with Gasteiger partial charge in [-0.05, 0) is 37.9 Å². The van der Waals surface area contributed by atoms with E-state index < -0.39 is 5.60 Å². The zero-order chi connectivity index (χ0) is 13.3. The maximum Gasteiger partial charge on any atom is 0.272 e. The Labute approximate surface area is 116 Å². The highest BCUT2D eigenvalue weighted by Gasteiger charge is 2.32. The van der Waals surface area contributed by atoms with Crippen LogP contribution in [0.15, 0.2) is 0 Å². The second kappa shape index (κ2) is 5.17. The summed E-state index contributed by atoms with van der Waals surface area (Å²) in [6, 6.07) is 0. The molecule has 1 saturated heterocycles. The third-order valence-corrected chi connectivity index (χ3v) is 5.17. The van der Waals surface area contributed by atoms with Gasteiger partial charge in [-0.15, -0.1) is 0 Å². The third kappa shape index (κ3) is 2.65. The minimum absolute atomic E-state index is 0.162. The lowest BCUT2D eigenvalue weighted by Crippen LogP contribution is -2.43. The number of nitrogens with zero attached hydrogens (tertiary/aromatic N) is 1. The highest BCUT2D eigenvalue weighted by Crippen LogP contribution is 2.27. The number of aryl methyl sites for hydroxylation is 1. The second-order valence-corrected chi connectivity index (χ2v) is 6.55. The van der Waals surface area contributed by atoms with Crippen molar-refractivity contribution in [2.75, 3.05) is 18.1 Å². The maximum absolute atomic E-state index is 12.2. The van der Waals surface area contributed by atoms with Crippen LogP contribution in [0.1, 0.15) is 41.0 Å². The van der Waals surface area contributed by atoms with E-state index in [4.69, 9.17) is 0 Å². The number of rotatable bonds is 3. The summed E-state index contributed by atoms with van der Waals surface area (Å²) in [6.07, 6.45) is 4.93. The topological polar surface area (TPSA) is 78.0 Å². The number of nitrogens with one attached hydrogen (secondary N) is 2. The standard InChI is InChI=1S/C13H19N3O2S/c17-12(14-7-13(18)5-6-19-8-13)11-9-3-1-2-4-10(9)15-16-11/h18H,1-8H2,(H,14,17)(H,15,16). The molecule has 0 bridgehead atoms. The van der Waals surface area contributed by atoms with Crippen LogP contribution in [0.25, 0.3) is 0 Å². The van der Waals surface area contributed by atoms with Crippen LogP contribution in [0.3, 0.4) is 0 Å². The second-order valence-electron chi connectivity index (χ2n) is 5.45. The van der Waals surface area contributed by atoms with Gasteiger partial charge in [-0.25, -0.2) is 0 Å². The number of fused-ring (bicyclic) bond motifs is 1. The number of carbonyl (C=O) groups is 1. The molecule has 0 saturated carbocycles. The van der Waals surface area contributed by atoms with Gasteiger partial charge < -0.3 is 10.4 Å². The highest BCUT2D eigenvalue weighted by atomic mass is 32.2. The molecule has 1 unspecified atom stereocenters. The van der Waals surface area contributed by atoms with Gasteiger partial charge in [-0.3, -0.25) is 9.89 Å². The van der Waals surface area contributed by atoms with E-state index in [1.54, 1.807) is 11.8 Å². The first kappa shape index (κ1) is 13.0. The van der Waals surface area contributed by atoms with Crippen molar-refractivity contribution in [1.82, 2.24) is 15.5 Å². The van der Waals surface area contributed by atoms with Crippen LogP contribution >= 0.6 is 11.8 Å². The first-order valence-electron chi connectivity index (χ1n) is 6.82. The van der Waals surface area contributed by atoms with E-state index in [0.717, 1.165) is 49.1 Å². The van der Waals surface area contributed by atoms with Crippen LogP contribution in [-0.2, 0) is 12.8 Å². The Morgan fingerprint density at radius 1 is 1.47 bits per heavy atom. The van der Waals surface area contributed by atoms with Gasteiger partial charge in [0.2, 0.25) is 0 Å². The zero-order valence-corrected chi connectivity index (χ0v) is 11.7. The minimum atomic E-state index is -0.739. The summed E-state index contributed by atoms with van der Waals surface area (Å²) in [6.45, 7) is 0.320. The molecule has 5 nitrogen and oxygen atoms in total. The van der Waals surface area contributed by atoms with Gasteiger partial charge in [0.1, 0.15) is 0 Å². The number of amides is 1. The molecule has 1 atom stereocenters. The fraction of sp³-hybridized carbons (Fsp3) is 0.692. The molecule has 104 valence electrons. The minimum Gasteiger partial charge on any atom is -0.387 e. The van der Waals surface area contributed by atoms with Crippen molar-refractivity contribution < 1.29 is 9.90 Å². The van der Waals surface area contributed by atoms with Crippen molar-refractivity contribution in [3.05, 3.63) is 17.0 Å². The summed E-state index contributed by atoms with van der Waals surface area (Å²) >= 11 is 1.73. The number of aromatic nitrogens is 2. The van der Waals surface area contributed by atoms with E-state index >= 15 is 0 Å². The number of H-pyrrole nitrogens is 1. The van der Waals surface area contributed by atoms with E-state index in [1.165, 1.54) is 0 Å². The number of hydrogen-bond acceptors (Lipinski definition) is 4. The average molecular weight is 281 g/mol. The van der Waals surface area contributed by atoms with Gasteiger partial charge in [0.15, 0.2) is 5.69 Å². The smallest absolute Gasteiger partial charge is 0.272 e. The molecule has 6 heteroatoms. The van der Waals surface area contributed by atoms with Crippen molar-refractivity contribution >= 4 is 17.7 Å². The number of thioether (sulfide) groups is 1. The van der Waals surface area contributed by atoms with Crippen LogP contribution in [0.5, 0.6) is 0 Å². The van der Waals surface area contributed by atoms with Crippen molar-refractivity contribution in [2.45, 2.75) is 37.7 Å². The van der Waals surface area contributed by atoms with Gasteiger partial charge in [-0.1, -0.05) is 0 Å². The van der Waals surface area contributed by atoms with Gasteiger partial charge in [-0.2, -0.15) is 16.9 Å². The molecule has 0 radical (unpaired) electrons.